The number of hydrogen-bond donors (Lipinski definition) is 1. The van der Waals surface area contributed by atoms with Crippen LogP contribution in [0.4, 0.5) is 4.39 Å². The van der Waals surface area contributed by atoms with Crippen LogP contribution in [0.1, 0.15) is 15.9 Å². The van der Waals surface area contributed by atoms with Gasteiger partial charge in [-0.1, -0.05) is 11.6 Å². The van der Waals surface area contributed by atoms with Gasteiger partial charge in [-0.2, -0.15) is 0 Å². The fraction of sp³-hybridized carbons (Fsp3) is 0.167. The summed E-state index contributed by atoms with van der Waals surface area (Å²) in [5.74, 6) is -1.23. The molecule has 0 saturated carbocycles. The molecular formula is C12H12ClFN2O2. The van der Waals surface area contributed by atoms with Gasteiger partial charge in [0.15, 0.2) is 0 Å². The van der Waals surface area contributed by atoms with Crippen molar-refractivity contribution in [2.24, 2.45) is 10.7 Å². The maximum absolute atomic E-state index is 13.4. The highest BCUT2D eigenvalue weighted by Gasteiger charge is 2.13. The van der Waals surface area contributed by atoms with Gasteiger partial charge in [0.05, 0.1) is 23.4 Å². The fourth-order valence-corrected chi connectivity index (χ4v) is 1.61. The van der Waals surface area contributed by atoms with Crippen molar-refractivity contribution < 1.29 is 13.9 Å². The predicted octanol–water partition coefficient (Wildman–Crippen LogP) is 2.07. The number of nitrogens with zero attached hydrogens (tertiary/aromatic N) is 1. The molecule has 0 aliphatic rings. The molecule has 0 aliphatic carbocycles. The lowest BCUT2D eigenvalue weighted by atomic mass is 10.1. The third kappa shape index (κ3) is 3.07. The van der Waals surface area contributed by atoms with Crippen LogP contribution >= 0.6 is 11.6 Å². The Morgan fingerprint density at radius 1 is 1.44 bits per heavy atom. The van der Waals surface area contributed by atoms with Crippen molar-refractivity contribution in [3.63, 3.8) is 0 Å². The Morgan fingerprint density at radius 2 is 2.06 bits per heavy atom. The van der Waals surface area contributed by atoms with E-state index >= 15 is 0 Å². The highest BCUT2D eigenvalue weighted by molar-refractivity contribution is 6.46. The first-order chi connectivity index (χ1) is 8.53. The quantitative estimate of drug-likeness (QED) is 0.675. The highest BCUT2D eigenvalue weighted by atomic mass is 35.5. The van der Waals surface area contributed by atoms with Crippen molar-refractivity contribution in [1.29, 1.82) is 0 Å². The van der Waals surface area contributed by atoms with E-state index < -0.39 is 11.8 Å². The lowest BCUT2D eigenvalue weighted by Gasteiger charge is -2.07. The van der Waals surface area contributed by atoms with Crippen LogP contribution in [0.3, 0.4) is 0 Å². The molecule has 1 rings (SSSR count). The average Bonchev–Trinajstić information content (AvgIpc) is 2.37. The highest BCUT2D eigenvalue weighted by Crippen LogP contribution is 2.16. The van der Waals surface area contributed by atoms with E-state index in [1.54, 1.807) is 0 Å². The van der Waals surface area contributed by atoms with Gasteiger partial charge >= 0.3 is 5.97 Å². The second-order valence-corrected chi connectivity index (χ2v) is 3.71. The Labute approximate surface area is 109 Å². The summed E-state index contributed by atoms with van der Waals surface area (Å²) in [4.78, 5) is 15.3. The average molecular weight is 271 g/mol. The first kappa shape index (κ1) is 14.2. The van der Waals surface area contributed by atoms with E-state index in [4.69, 9.17) is 17.3 Å². The second kappa shape index (κ2) is 6.16. The standard InChI is InChI=1S/C12H12ClFN2O2/c1-16-11(10(13)6-15)7-3-8(12(17)18-2)5-9(14)4-7/h3-6H,15H2,1-2H3/b10-6+,16-11?. The van der Waals surface area contributed by atoms with Crippen molar-refractivity contribution in [2.75, 3.05) is 14.2 Å². The Kier molecular flexibility index (Phi) is 4.85. The topological polar surface area (TPSA) is 64.7 Å². The molecular weight excluding hydrogens is 259 g/mol. The van der Waals surface area contributed by atoms with Crippen LogP contribution in [0.15, 0.2) is 34.4 Å². The minimum absolute atomic E-state index is 0.0788. The number of ether oxygens (including phenoxy) is 1. The minimum Gasteiger partial charge on any atom is -0.465 e. The van der Waals surface area contributed by atoms with Gasteiger partial charge in [0.25, 0.3) is 0 Å². The third-order valence-corrected chi connectivity index (χ3v) is 2.49. The van der Waals surface area contributed by atoms with Crippen molar-refractivity contribution in [3.05, 3.63) is 46.4 Å². The molecule has 0 heterocycles. The number of halogens is 2. The zero-order chi connectivity index (χ0) is 13.7. The van der Waals surface area contributed by atoms with Crippen LogP contribution in [-0.4, -0.2) is 25.8 Å². The molecule has 0 aliphatic heterocycles. The molecule has 0 aromatic heterocycles. The number of carbonyl (C=O) groups excluding carboxylic acids is 1. The number of esters is 1. The maximum atomic E-state index is 13.4. The summed E-state index contributed by atoms with van der Waals surface area (Å²) in [7, 11) is 2.71. The van der Waals surface area contributed by atoms with Crippen molar-refractivity contribution in [3.8, 4) is 0 Å². The monoisotopic (exact) mass is 270 g/mol. The molecule has 0 radical (unpaired) electrons. The van der Waals surface area contributed by atoms with Gasteiger partial charge in [0.2, 0.25) is 0 Å². The molecule has 1 aromatic rings. The first-order valence-corrected chi connectivity index (χ1v) is 5.35. The largest absolute Gasteiger partial charge is 0.465 e. The van der Waals surface area contributed by atoms with E-state index in [-0.39, 0.29) is 10.6 Å². The Hall–Kier alpha value is -1.88. The Balaban J connectivity index is 3.33. The van der Waals surface area contributed by atoms with Gasteiger partial charge in [-0.3, -0.25) is 4.99 Å². The van der Waals surface area contributed by atoms with Crippen LogP contribution in [-0.2, 0) is 4.74 Å². The van der Waals surface area contributed by atoms with Crippen molar-refractivity contribution in [2.45, 2.75) is 0 Å². The predicted molar refractivity (Wildman–Crippen MR) is 68.3 cm³/mol. The number of benzene rings is 1. The summed E-state index contributed by atoms with van der Waals surface area (Å²) in [6.45, 7) is 0. The molecule has 0 amide bonds. The van der Waals surface area contributed by atoms with Gasteiger partial charge in [0.1, 0.15) is 5.82 Å². The molecule has 0 spiro atoms. The van der Waals surface area contributed by atoms with E-state index in [0.29, 0.717) is 11.3 Å². The number of carbonyl (C=O) groups is 1. The number of aliphatic imine (C=N–C) groups is 1. The fourth-order valence-electron chi connectivity index (χ4n) is 1.41. The summed E-state index contributed by atoms with van der Waals surface area (Å²) >= 11 is 5.85. The normalized spacial score (nSPS) is 12.4. The number of hydrogen-bond acceptors (Lipinski definition) is 4. The van der Waals surface area contributed by atoms with E-state index in [9.17, 15) is 9.18 Å². The molecule has 0 fully saturated rings. The SMILES string of the molecule is CN=C(/C(Cl)=C\N)c1cc(F)cc(C(=O)OC)c1. The van der Waals surface area contributed by atoms with Gasteiger partial charge < -0.3 is 10.5 Å². The molecule has 96 valence electrons. The summed E-state index contributed by atoms with van der Waals surface area (Å²) in [5, 5.41) is 0.166. The number of methoxy groups -OCH3 is 1. The van der Waals surface area contributed by atoms with Crippen molar-refractivity contribution in [1.82, 2.24) is 0 Å². The van der Waals surface area contributed by atoms with E-state index in [0.717, 1.165) is 12.3 Å². The zero-order valence-electron chi connectivity index (χ0n) is 9.91. The van der Waals surface area contributed by atoms with Crippen molar-refractivity contribution >= 4 is 23.3 Å². The van der Waals surface area contributed by atoms with Crippen LogP contribution < -0.4 is 5.73 Å². The molecule has 6 heteroatoms. The van der Waals surface area contributed by atoms with Crippen LogP contribution in [0.2, 0.25) is 0 Å². The maximum Gasteiger partial charge on any atom is 0.337 e. The molecule has 2 N–H and O–H groups in total. The number of nitrogens with two attached hydrogens (primary N) is 1. The van der Waals surface area contributed by atoms with Gasteiger partial charge in [-0.05, 0) is 18.2 Å². The molecule has 18 heavy (non-hydrogen) atoms. The Morgan fingerprint density at radius 3 is 2.56 bits per heavy atom. The van der Waals surface area contributed by atoms with E-state index in [1.807, 2.05) is 0 Å². The van der Waals surface area contributed by atoms with E-state index in [1.165, 1.54) is 26.3 Å². The van der Waals surface area contributed by atoms with Gasteiger partial charge in [0, 0.05) is 18.8 Å². The van der Waals surface area contributed by atoms with Crippen LogP contribution in [0, 0.1) is 5.82 Å². The number of rotatable bonds is 3. The summed E-state index contributed by atoms with van der Waals surface area (Å²) < 4.78 is 18.0. The lowest BCUT2D eigenvalue weighted by molar-refractivity contribution is 0.0600. The smallest absolute Gasteiger partial charge is 0.337 e. The summed E-state index contributed by atoms with van der Waals surface area (Å²) in [5.41, 5.74) is 6.01. The first-order valence-electron chi connectivity index (χ1n) is 4.97. The number of allylic oxidation sites excluding steroid dienone is 1. The van der Waals surface area contributed by atoms with Gasteiger partial charge in [-0.25, -0.2) is 9.18 Å². The summed E-state index contributed by atoms with van der Waals surface area (Å²) in [6, 6.07) is 3.71. The molecule has 0 saturated heterocycles. The Bertz CT molecular complexity index is 527. The molecule has 4 nitrogen and oxygen atoms in total. The summed E-state index contributed by atoms with van der Waals surface area (Å²) in [6.07, 6.45) is 1.15. The molecule has 0 bridgehead atoms. The van der Waals surface area contributed by atoms with E-state index in [2.05, 4.69) is 9.73 Å². The van der Waals surface area contributed by atoms with Crippen LogP contribution in [0.5, 0.6) is 0 Å². The van der Waals surface area contributed by atoms with Crippen LogP contribution in [0.25, 0.3) is 0 Å². The third-order valence-electron chi connectivity index (χ3n) is 2.19. The molecule has 0 atom stereocenters. The van der Waals surface area contributed by atoms with Gasteiger partial charge in [-0.15, -0.1) is 0 Å². The molecule has 1 aromatic carbocycles. The molecule has 0 unspecified atom stereocenters. The minimum atomic E-state index is -0.640. The second-order valence-electron chi connectivity index (χ2n) is 3.31. The lowest BCUT2D eigenvalue weighted by Crippen LogP contribution is -2.08. The zero-order valence-corrected chi connectivity index (χ0v) is 10.7.